The van der Waals surface area contributed by atoms with Gasteiger partial charge in [-0.25, -0.2) is 0 Å². The van der Waals surface area contributed by atoms with Crippen molar-refractivity contribution < 1.29 is 4.79 Å². The molecule has 0 fully saturated rings. The Hall–Kier alpha value is -2.29. The number of carbonyl (C=O) groups is 1. The molecule has 0 bridgehead atoms. The van der Waals surface area contributed by atoms with Gasteiger partial charge in [-0.1, -0.05) is 18.2 Å². The summed E-state index contributed by atoms with van der Waals surface area (Å²) in [7, 11) is 0. The predicted molar refractivity (Wildman–Crippen MR) is 74.4 cm³/mol. The van der Waals surface area contributed by atoms with Crippen LogP contribution in [0.2, 0.25) is 0 Å². The molecule has 1 aromatic carbocycles. The van der Waals surface area contributed by atoms with Crippen LogP contribution in [0.4, 0.5) is 0 Å². The first kappa shape index (κ1) is 10.6. The molecule has 1 aliphatic rings. The number of nitrogens with zero attached hydrogens (tertiary/aromatic N) is 1. The van der Waals surface area contributed by atoms with Crippen LogP contribution < -0.4 is 0 Å². The van der Waals surface area contributed by atoms with E-state index < -0.39 is 0 Å². The zero-order valence-corrected chi connectivity index (χ0v) is 10.5. The Morgan fingerprint density at radius 2 is 2.05 bits per heavy atom. The minimum absolute atomic E-state index is 0.245. The summed E-state index contributed by atoms with van der Waals surface area (Å²) in [6.07, 6.45) is 3.50. The largest absolute Gasteiger partial charge is 0.357 e. The fraction of sp³-hybridized carbons (Fsp3) is 0.188. The molecule has 0 spiro atoms. The van der Waals surface area contributed by atoms with E-state index in [0.717, 1.165) is 17.6 Å². The average Bonchev–Trinajstić information content (AvgIpc) is 3.05. The quantitative estimate of drug-likeness (QED) is 0.704. The van der Waals surface area contributed by atoms with Gasteiger partial charge in [0.1, 0.15) is 0 Å². The van der Waals surface area contributed by atoms with Crippen molar-refractivity contribution in [1.82, 2.24) is 9.55 Å². The Labute approximate surface area is 110 Å². The third-order valence-electron chi connectivity index (χ3n) is 3.96. The summed E-state index contributed by atoms with van der Waals surface area (Å²) < 4.78 is 2.09. The minimum atomic E-state index is 0.245. The molecule has 3 nitrogen and oxygen atoms in total. The summed E-state index contributed by atoms with van der Waals surface area (Å²) in [5.74, 6) is 0.248. The maximum atomic E-state index is 11.9. The molecule has 3 aromatic rings. The van der Waals surface area contributed by atoms with Crippen LogP contribution in [0, 0.1) is 0 Å². The molecule has 0 radical (unpaired) electrons. The maximum Gasteiger partial charge on any atom is 0.179 e. The fourth-order valence-corrected chi connectivity index (χ4v) is 3.02. The Morgan fingerprint density at radius 1 is 1.16 bits per heavy atom. The number of para-hydroxylation sites is 1. The first-order chi connectivity index (χ1) is 9.33. The average molecular weight is 250 g/mol. The molecule has 19 heavy (non-hydrogen) atoms. The second kappa shape index (κ2) is 3.85. The number of aromatic nitrogens is 2. The highest BCUT2D eigenvalue weighted by Gasteiger charge is 2.26. The highest BCUT2D eigenvalue weighted by atomic mass is 16.1. The van der Waals surface area contributed by atoms with Gasteiger partial charge >= 0.3 is 0 Å². The van der Waals surface area contributed by atoms with E-state index in [0.29, 0.717) is 6.42 Å². The second-order valence-corrected chi connectivity index (χ2v) is 5.09. The zero-order chi connectivity index (χ0) is 12.8. The van der Waals surface area contributed by atoms with Crippen molar-refractivity contribution in [2.75, 3.05) is 0 Å². The summed E-state index contributed by atoms with van der Waals surface area (Å²) >= 11 is 0. The van der Waals surface area contributed by atoms with Crippen molar-refractivity contribution in [2.24, 2.45) is 0 Å². The summed E-state index contributed by atoms with van der Waals surface area (Å²) in [4.78, 5) is 15.3. The molecule has 1 aliphatic heterocycles. The first-order valence-corrected chi connectivity index (χ1v) is 6.60. The predicted octanol–water partition coefficient (Wildman–Crippen LogP) is 3.54. The van der Waals surface area contributed by atoms with E-state index in [-0.39, 0.29) is 11.8 Å². The molecule has 3 heteroatoms. The number of carbonyl (C=O) groups excluding carboxylic acids is 1. The molecule has 0 amide bonds. The Morgan fingerprint density at radius 3 is 2.95 bits per heavy atom. The second-order valence-electron chi connectivity index (χ2n) is 5.09. The van der Waals surface area contributed by atoms with E-state index in [2.05, 4.69) is 27.8 Å². The van der Waals surface area contributed by atoms with Crippen LogP contribution in [0.1, 0.15) is 35.1 Å². The summed E-state index contributed by atoms with van der Waals surface area (Å²) in [6.45, 7) is 0. The maximum absolute atomic E-state index is 11.9. The lowest BCUT2D eigenvalue weighted by Gasteiger charge is -2.24. The van der Waals surface area contributed by atoms with E-state index in [1.165, 1.54) is 11.1 Å². The normalized spacial score (nSPS) is 18.7. The SMILES string of the molecule is O=C1CCC(c2cc3ccccc3[nH]2)n2cccc21. The van der Waals surface area contributed by atoms with Gasteiger partial charge in [0.15, 0.2) is 5.78 Å². The summed E-state index contributed by atoms with van der Waals surface area (Å²) in [5.41, 5.74) is 3.17. The number of hydrogen-bond donors (Lipinski definition) is 1. The van der Waals surface area contributed by atoms with Crippen molar-refractivity contribution >= 4 is 16.7 Å². The third-order valence-corrected chi connectivity index (χ3v) is 3.96. The van der Waals surface area contributed by atoms with Gasteiger partial charge in [-0.15, -0.1) is 0 Å². The minimum Gasteiger partial charge on any atom is -0.357 e. The van der Waals surface area contributed by atoms with E-state index in [4.69, 9.17) is 0 Å². The topological polar surface area (TPSA) is 37.8 Å². The highest BCUT2D eigenvalue weighted by molar-refractivity contribution is 5.95. The molecule has 0 saturated heterocycles. The molecule has 2 aromatic heterocycles. The summed E-state index contributed by atoms with van der Waals surface area (Å²) in [5, 5.41) is 1.23. The van der Waals surface area contributed by atoms with Crippen molar-refractivity contribution in [3.8, 4) is 0 Å². The number of ketones is 1. The van der Waals surface area contributed by atoms with Gasteiger partial charge in [0.2, 0.25) is 0 Å². The molecule has 1 atom stereocenters. The van der Waals surface area contributed by atoms with E-state index >= 15 is 0 Å². The molecular formula is C16H14N2O. The fourth-order valence-electron chi connectivity index (χ4n) is 3.02. The van der Waals surface area contributed by atoms with Gasteiger partial charge in [-0.05, 0) is 36.1 Å². The van der Waals surface area contributed by atoms with Gasteiger partial charge < -0.3 is 9.55 Å². The van der Waals surface area contributed by atoms with Crippen molar-refractivity contribution in [3.63, 3.8) is 0 Å². The van der Waals surface area contributed by atoms with Crippen molar-refractivity contribution in [2.45, 2.75) is 18.9 Å². The number of aromatic amines is 1. The van der Waals surface area contributed by atoms with Gasteiger partial charge in [-0.2, -0.15) is 0 Å². The number of fused-ring (bicyclic) bond motifs is 2. The molecule has 1 N–H and O–H groups in total. The van der Waals surface area contributed by atoms with Crippen LogP contribution in [0.15, 0.2) is 48.7 Å². The molecule has 0 saturated carbocycles. The van der Waals surface area contributed by atoms with Crippen LogP contribution in [-0.4, -0.2) is 15.3 Å². The van der Waals surface area contributed by atoms with Gasteiger partial charge in [0, 0.05) is 23.8 Å². The van der Waals surface area contributed by atoms with Crippen LogP contribution in [-0.2, 0) is 0 Å². The van der Waals surface area contributed by atoms with E-state index in [9.17, 15) is 4.79 Å². The Bertz CT molecular complexity index is 733. The number of hydrogen-bond acceptors (Lipinski definition) is 1. The third kappa shape index (κ3) is 1.55. The van der Waals surface area contributed by atoms with Gasteiger partial charge in [0.25, 0.3) is 0 Å². The van der Waals surface area contributed by atoms with Gasteiger partial charge in [-0.3, -0.25) is 4.79 Å². The Kier molecular flexibility index (Phi) is 2.15. The standard InChI is InChI=1S/C16H14N2O/c19-16-8-7-14(18-9-3-6-15(16)18)13-10-11-4-1-2-5-12(11)17-13/h1-6,9-10,14,17H,7-8H2. The van der Waals surface area contributed by atoms with E-state index in [1.807, 2.05) is 30.5 Å². The number of rotatable bonds is 1. The molecule has 4 rings (SSSR count). The van der Waals surface area contributed by atoms with Crippen LogP contribution in [0.3, 0.4) is 0 Å². The number of benzene rings is 1. The number of nitrogens with one attached hydrogen (secondary N) is 1. The van der Waals surface area contributed by atoms with Crippen molar-refractivity contribution in [3.05, 3.63) is 60.0 Å². The number of Topliss-reactive ketones (excluding diaryl/α,β-unsaturated/α-hetero) is 1. The lowest BCUT2D eigenvalue weighted by molar-refractivity contribution is 0.0948. The molecule has 94 valence electrons. The molecule has 3 heterocycles. The molecular weight excluding hydrogens is 236 g/mol. The lowest BCUT2D eigenvalue weighted by atomic mass is 9.99. The van der Waals surface area contributed by atoms with Crippen molar-refractivity contribution in [1.29, 1.82) is 0 Å². The zero-order valence-electron chi connectivity index (χ0n) is 10.5. The van der Waals surface area contributed by atoms with Gasteiger partial charge in [0.05, 0.1) is 11.7 Å². The smallest absolute Gasteiger partial charge is 0.179 e. The Balaban J connectivity index is 1.85. The molecule has 0 aliphatic carbocycles. The number of H-pyrrole nitrogens is 1. The lowest BCUT2D eigenvalue weighted by Crippen LogP contribution is -2.22. The molecule has 1 unspecified atom stereocenters. The highest BCUT2D eigenvalue weighted by Crippen LogP contribution is 2.32. The first-order valence-electron chi connectivity index (χ1n) is 6.60. The van der Waals surface area contributed by atoms with Crippen LogP contribution in [0.5, 0.6) is 0 Å². The van der Waals surface area contributed by atoms with Crippen LogP contribution in [0.25, 0.3) is 10.9 Å². The van der Waals surface area contributed by atoms with Crippen LogP contribution >= 0.6 is 0 Å². The van der Waals surface area contributed by atoms with E-state index in [1.54, 1.807) is 0 Å². The monoisotopic (exact) mass is 250 g/mol. The summed E-state index contributed by atoms with van der Waals surface area (Å²) in [6, 6.07) is 14.6.